The standard InChI is InChI=1S/C24H22ClN3O5S/c1-13(22(30)14-4-7-20-19(9-14)26-21(29)12-33-20)34-24-27-18-10-15(25)5-6-17(18)23(31)28(24)11-16-3-2-8-32-16/h4-7,9-10,13,16H,2-3,8,11-12H2,1H3,(H,26,29)/t13-,16-/m0/s1. The van der Waals surface area contributed by atoms with E-state index < -0.39 is 5.25 Å². The first-order valence-electron chi connectivity index (χ1n) is 11.0. The van der Waals surface area contributed by atoms with E-state index in [-0.39, 0.29) is 30.0 Å². The average molecular weight is 500 g/mol. The third-order valence-corrected chi connectivity index (χ3v) is 7.17. The van der Waals surface area contributed by atoms with Crippen LogP contribution < -0.4 is 15.6 Å². The van der Waals surface area contributed by atoms with E-state index >= 15 is 0 Å². The summed E-state index contributed by atoms with van der Waals surface area (Å²) in [6.45, 7) is 2.76. The number of hydrogen-bond donors (Lipinski definition) is 1. The zero-order chi connectivity index (χ0) is 23.8. The van der Waals surface area contributed by atoms with Crippen LogP contribution in [0.1, 0.15) is 30.1 Å². The molecule has 1 N–H and O–H groups in total. The number of rotatable bonds is 6. The molecule has 2 aliphatic heterocycles. The second kappa shape index (κ2) is 9.40. The Kier molecular flexibility index (Phi) is 6.33. The van der Waals surface area contributed by atoms with Crippen molar-refractivity contribution < 1.29 is 19.1 Å². The number of ether oxygens (including phenoxy) is 2. The van der Waals surface area contributed by atoms with Crippen LogP contribution in [-0.4, -0.2) is 45.8 Å². The van der Waals surface area contributed by atoms with Crippen molar-refractivity contribution in [1.29, 1.82) is 0 Å². The molecule has 10 heteroatoms. The van der Waals surface area contributed by atoms with Gasteiger partial charge in [-0.1, -0.05) is 23.4 Å². The number of anilines is 1. The Bertz CT molecular complexity index is 1350. The topological polar surface area (TPSA) is 99.5 Å². The number of nitrogens with zero attached hydrogens (tertiary/aromatic N) is 2. The van der Waals surface area contributed by atoms with Crippen molar-refractivity contribution >= 4 is 51.6 Å². The summed E-state index contributed by atoms with van der Waals surface area (Å²) < 4.78 is 12.7. The maximum Gasteiger partial charge on any atom is 0.262 e. The molecule has 0 unspecified atom stereocenters. The molecule has 2 aliphatic rings. The third kappa shape index (κ3) is 4.55. The fraction of sp³-hybridized carbons (Fsp3) is 0.333. The number of aromatic nitrogens is 2. The van der Waals surface area contributed by atoms with Gasteiger partial charge in [0.15, 0.2) is 17.5 Å². The largest absolute Gasteiger partial charge is 0.482 e. The van der Waals surface area contributed by atoms with Gasteiger partial charge in [0.1, 0.15) is 5.75 Å². The van der Waals surface area contributed by atoms with Crippen LogP contribution in [-0.2, 0) is 16.1 Å². The van der Waals surface area contributed by atoms with Crippen LogP contribution in [0.5, 0.6) is 5.75 Å². The minimum absolute atomic E-state index is 0.0492. The summed E-state index contributed by atoms with van der Waals surface area (Å²) in [5, 5.41) is 3.56. The van der Waals surface area contributed by atoms with Crippen LogP contribution in [0, 0.1) is 0 Å². The Balaban J connectivity index is 1.47. The number of fused-ring (bicyclic) bond motifs is 2. The predicted molar refractivity (Wildman–Crippen MR) is 130 cm³/mol. The molecule has 1 fully saturated rings. The molecule has 3 heterocycles. The molecule has 0 saturated carbocycles. The molecule has 3 aromatic rings. The molecule has 5 rings (SSSR count). The highest BCUT2D eigenvalue weighted by molar-refractivity contribution is 8.00. The molecule has 1 amide bonds. The van der Waals surface area contributed by atoms with Crippen molar-refractivity contribution in [3.05, 3.63) is 57.3 Å². The van der Waals surface area contributed by atoms with E-state index in [0.717, 1.165) is 12.8 Å². The monoisotopic (exact) mass is 499 g/mol. The zero-order valence-electron chi connectivity index (χ0n) is 18.4. The zero-order valence-corrected chi connectivity index (χ0v) is 19.9. The fourth-order valence-corrected chi connectivity index (χ4v) is 5.26. The minimum atomic E-state index is -0.544. The van der Waals surface area contributed by atoms with E-state index in [1.807, 2.05) is 0 Å². The van der Waals surface area contributed by atoms with Gasteiger partial charge < -0.3 is 14.8 Å². The van der Waals surface area contributed by atoms with Crippen molar-refractivity contribution in [3.63, 3.8) is 0 Å². The number of carbonyl (C=O) groups excluding carboxylic acids is 2. The molecule has 176 valence electrons. The molecule has 8 nitrogen and oxygen atoms in total. The molecule has 34 heavy (non-hydrogen) atoms. The maximum absolute atomic E-state index is 13.3. The van der Waals surface area contributed by atoms with Crippen molar-refractivity contribution in [2.45, 2.75) is 42.8 Å². The van der Waals surface area contributed by atoms with Gasteiger partial charge >= 0.3 is 0 Å². The fourth-order valence-electron chi connectivity index (χ4n) is 4.10. The molecule has 1 aromatic heterocycles. The Hall–Kier alpha value is -2.88. The summed E-state index contributed by atoms with van der Waals surface area (Å²) in [4.78, 5) is 42.9. The summed E-state index contributed by atoms with van der Waals surface area (Å²) in [6, 6.07) is 9.94. The Morgan fingerprint density at radius 3 is 2.94 bits per heavy atom. The Morgan fingerprint density at radius 2 is 2.15 bits per heavy atom. The van der Waals surface area contributed by atoms with Gasteiger partial charge in [0.05, 0.1) is 34.5 Å². The lowest BCUT2D eigenvalue weighted by molar-refractivity contribution is -0.118. The molecular weight excluding hydrogens is 478 g/mol. The molecule has 0 radical (unpaired) electrons. The number of nitrogens with one attached hydrogen (secondary N) is 1. The second-order valence-electron chi connectivity index (χ2n) is 8.28. The van der Waals surface area contributed by atoms with Crippen LogP contribution in [0.25, 0.3) is 10.9 Å². The number of benzene rings is 2. The smallest absolute Gasteiger partial charge is 0.262 e. The SMILES string of the molecule is C[C@H](Sc1nc2cc(Cl)ccc2c(=O)n1C[C@@H]1CCCO1)C(=O)c1ccc2c(c1)NC(=O)CO2. The van der Waals surface area contributed by atoms with Crippen molar-refractivity contribution in [2.24, 2.45) is 0 Å². The summed E-state index contributed by atoms with van der Waals surface area (Å²) in [6.07, 6.45) is 1.75. The first-order valence-corrected chi connectivity index (χ1v) is 12.2. The van der Waals surface area contributed by atoms with Gasteiger partial charge in [0, 0.05) is 17.2 Å². The van der Waals surface area contributed by atoms with E-state index in [0.29, 0.717) is 51.2 Å². The minimum Gasteiger partial charge on any atom is -0.482 e. The van der Waals surface area contributed by atoms with Crippen LogP contribution in [0.15, 0.2) is 46.3 Å². The van der Waals surface area contributed by atoms with Gasteiger partial charge in [-0.05, 0) is 56.2 Å². The van der Waals surface area contributed by atoms with Gasteiger partial charge in [-0.25, -0.2) is 4.98 Å². The van der Waals surface area contributed by atoms with Gasteiger partial charge in [-0.15, -0.1) is 0 Å². The van der Waals surface area contributed by atoms with Gasteiger partial charge in [0.25, 0.3) is 11.5 Å². The van der Waals surface area contributed by atoms with Crippen molar-refractivity contribution in [2.75, 3.05) is 18.5 Å². The molecule has 2 atom stereocenters. The lowest BCUT2D eigenvalue weighted by Gasteiger charge is -2.20. The van der Waals surface area contributed by atoms with Crippen molar-refractivity contribution in [3.8, 4) is 5.75 Å². The number of thioether (sulfide) groups is 1. The van der Waals surface area contributed by atoms with E-state index in [2.05, 4.69) is 5.32 Å². The van der Waals surface area contributed by atoms with Crippen LogP contribution in [0.2, 0.25) is 5.02 Å². The summed E-state index contributed by atoms with van der Waals surface area (Å²) in [5.41, 5.74) is 1.19. The highest BCUT2D eigenvalue weighted by Crippen LogP contribution is 2.31. The van der Waals surface area contributed by atoms with E-state index in [1.54, 1.807) is 47.9 Å². The highest BCUT2D eigenvalue weighted by Gasteiger charge is 2.25. The molecule has 0 aliphatic carbocycles. The number of halogens is 1. The predicted octanol–water partition coefficient (Wildman–Crippen LogP) is 3.92. The number of ketones is 1. The maximum atomic E-state index is 13.3. The lowest BCUT2D eigenvalue weighted by atomic mass is 10.1. The van der Waals surface area contributed by atoms with Crippen LogP contribution >= 0.6 is 23.4 Å². The van der Waals surface area contributed by atoms with E-state index in [9.17, 15) is 14.4 Å². The Morgan fingerprint density at radius 1 is 1.29 bits per heavy atom. The average Bonchev–Trinajstić information content (AvgIpc) is 3.33. The first-order chi connectivity index (χ1) is 16.4. The molecule has 1 saturated heterocycles. The number of Topliss-reactive ketones (excluding diaryl/α,β-unsaturated/α-hetero) is 1. The number of hydrogen-bond acceptors (Lipinski definition) is 7. The van der Waals surface area contributed by atoms with Gasteiger partial charge in [-0.2, -0.15) is 0 Å². The normalized spacial score (nSPS) is 18.3. The van der Waals surface area contributed by atoms with E-state index in [4.69, 9.17) is 26.1 Å². The first kappa shape index (κ1) is 22.9. The number of carbonyl (C=O) groups is 2. The highest BCUT2D eigenvalue weighted by atomic mass is 35.5. The van der Waals surface area contributed by atoms with Gasteiger partial charge in [-0.3, -0.25) is 19.0 Å². The third-order valence-electron chi connectivity index (χ3n) is 5.84. The summed E-state index contributed by atoms with van der Waals surface area (Å²) in [7, 11) is 0. The molecule has 2 aromatic carbocycles. The molecular formula is C24H22ClN3O5S. The molecule has 0 bridgehead atoms. The Labute approximate surface area is 204 Å². The van der Waals surface area contributed by atoms with Crippen LogP contribution in [0.4, 0.5) is 5.69 Å². The van der Waals surface area contributed by atoms with Crippen LogP contribution in [0.3, 0.4) is 0 Å². The molecule has 0 spiro atoms. The van der Waals surface area contributed by atoms with Crippen molar-refractivity contribution in [1.82, 2.24) is 9.55 Å². The second-order valence-corrected chi connectivity index (χ2v) is 10.0. The summed E-state index contributed by atoms with van der Waals surface area (Å²) in [5.74, 6) is 0.100. The number of amides is 1. The van der Waals surface area contributed by atoms with Gasteiger partial charge in [0.2, 0.25) is 0 Å². The summed E-state index contributed by atoms with van der Waals surface area (Å²) >= 11 is 7.35. The lowest BCUT2D eigenvalue weighted by Crippen LogP contribution is -2.29. The van der Waals surface area contributed by atoms with E-state index in [1.165, 1.54) is 11.8 Å². The quantitative estimate of drug-likeness (QED) is 0.311.